The minimum atomic E-state index is -0.298. The van der Waals surface area contributed by atoms with Crippen molar-refractivity contribution in [3.8, 4) is 22.6 Å². The number of nitrogen functional groups attached to an aromatic ring is 1. The van der Waals surface area contributed by atoms with Crippen LogP contribution in [-0.2, 0) is 0 Å². The first kappa shape index (κ1) is 18.5. The molecule has 0 aliphatic carbocycles. The lowest BCUT2D eigenvalue weighted by Crippen LogP contribution is -2.11. The SMILES string of the molecule is Cc1ccc(-c2cc(-c3ccco3)c3c(N)c(C(=O)Nc4nccs4)sc3n2)cc1. The van der Waals surface area contributed by atoms with Gasteiger partial charge in [0, 0.05) is 28.1 Å². The number of furan rings is 1. The normalized spacial score (nSPS) is 11.1. The minimum Gasteiger partial charge on any atom is -0.464 e. The second-order valence-corrected chi connectivity index (χ2v) is 8.61. The van der Waals surface area contributed by atoms with Crippen LogP contribution < -0.4 is 11.1 Å². The highest BCUT2D eigenvalue weighted by Crippen LogP contribution is 2.41. The summed E-state index contributed by atoms with van der Waals surface area (Å²) in [5.41, 5.74) is 10.6. The summed E-state index contributed by atoms with van der Waals surface area (Å²) in [5, 5.41) is 5.84. The molecular formula is C22H16N4O2S2. The molecular weight excluding hydrogens is 416 g/mol. The Hall–Kier alpha value is -3.49. The average molecular weight is 433 g/mol. The molecule has 0 aliphatic rings. The molecule has 5 rings (SSSR count). The van der Waals surface area contributed by atoms with E-state index in [-0.39, 0.29) is 5.91 Å². The number of anilines is 2. The maximum atomic E-state index is 12.8. The summed E-state index contributed by atoms with van der Waals surface area (Å²) in [5.74, 6) is 0.375. The quantitative estimate of drug-likeness (QED) is 0.373. The van der Waals surface area contributed by atoms with Crippen molar-refractivity contribution in [3.05, 3.63) is 70.7 Å². The van der Waals surface area contributed by atoms with Crippen LogP contribution >= 0.6 is 22.7 Å². The maximum absolute atomic E-state index is 12.8. The lowest BCUT2D eigenvalue weighted by molar-refractivity contribution is 0.103. The van der Waals surface area contributed by atoms with Gasteiger partial charge in [-0.1, -0.05) is 29.8 Å². The number of pyridine rings is 1. The summed E-state index contributed by atoms with van der Waals surface area (Å²) in [4.78, 5) is 22.8. The molecule has 0 saturated carbocycles. The lowest BCUT2D eigenvalue weighted by atomic mass is 10.0. The Morgan fingerprint density at radius 1 is 1.20 bits per heavy atom. The zero-order valence-electron chi connectivity index (χ0n) is 15.9. The number of thiazole rings is 1. The predicted molar refractivity (Wildman–Crippen MR) is 122 cm³/mol. The van der Waals surface area contributed by atoms with E-state index in [0.29, 0.717) is 26.3 Å². The highest BCUT2D eigenvalue weighted by atomic mass is 32.1. The Morgan fingerprint density at radius 3 is 2.73 bits per heavy atom. The van der Waals surface area contributed by atoms with Crippen LogP contribution in [0.4, 0.5) is 10.8 Å². The summed E-state index contributed by atoms with van der Waals surface area (Å²) in [6.07, 6.45) is 3.25. The Morgan fingerprint density at radius 2 is 2.03 bits per heavy atom. The van der Waals surface area contributed by atoms with Gasteiger partial charge < -0.3 is 10.2 Å². The molecule has 0 atom stereocenters. The van der Waals surface area contributed by atoms with Gasteiger partial charge in [0.05, 0.1) is 17.6 Å². The van der Waals surface area contributed by atoms with E-state index in [1.54, 1.807) is 17.8 Å². The van der Waals surface area contributed by atoms with E-state index in [9.17, 15) is 4.79 Å². The number of nitrogens with two attached hydrogens (primary N) is 1. The first-order valence-corrected chi connectivity index (χ1v) is 10.8. The minimum absolute atomic E-state index is 0.298. The number of fused-ring (bicyclic) bond motifs is 1. The molecule has 148 valence electrons. The summed E-state index contributed by atoms with van der Waals surface area (Å²) in [6.45, 7) is 2.04. The molecule has 0 bridgehead atoms. The van der Waals surface area contributed by atoms with Gasteiger partial charge in [0.2, 0.25) is 0 Å². The summed E-state index contributed by atoms with van der Waals surface area (Å²) in [7, 11) is 0. The van der Waals surface area contributed by atoms with Gasteiger partial charge in [-0.25, -0.2) is 9.97 Å². The number of aromatic nitrogens is 2. The molecule has 4 aromatic heterocycles. The van der Waals surface area contributed by atoms with Gasteiger partial charge in [0.1, 0.15) is 15.5 Å². The molecule has 1 amide bonds. The molecule has 1 aromatic carbocycles. The van der Waals surface area contributed by atoms with Gasteiger partial charge in [-0.2, -0.15) is 0 Å². The van der Waals surface area contributed by atoms with Crippen LogP contribution in [0.15, 0.2) is 64.7 Å². The first-order chi connectivity index (χ1) is 14.6. The fourth-order valence-corrected chi connectivity index (χ4v) is 4.77. The monoisotopic (exact) mass is 432 g/mol. The van der Waals surface area contributed by atoms with E-state index < -0.39 is 0 Å². The van der Waals surface area contributed by atoms with Gasteiger partial charge in [-0.05, 0) is 25.1 Å². The Kier molecular flexibility index (Phi) is 4.57. The number of thiophene rings is 1. The zero-order chi connectivity index (χ0) is 20.7. The molecule has 8 heteroatoms. The van der Waals surface area contributed by atoms with E-state index in [4.69, 9.17) is 15.1 Å². The van der Waals surface area contributed by atoms with Crippen molar-refractivity contribution in [1.29, 1.82) is 0 Å². The number of hydrogen-bond acceptors (Lipinski definition) is 7. The largest absolute Gasteiger partial charge is 0.464 e. The number of carbonyl (C=O) groups excluding carboxylic acids is 1. The second kappa shape index (κ2) is 7.40. The van der Waals surface area contributed by atoms with Gasteiger partial charge in [-0.15, -0.1) is 22.7 Å². The molecule has 6 nitrogen and oxygen atoms in total. The highest BCUT2D eigenvalue weighted by Gasteiger charge is 2.23. The first-order valence-electron chi connectivity index (χ1n) is 9.15. The number of nitrogens with zero attached hydrogens (tertiary/aromatic N) is 2. The van der Waals surface area contributed by atoms with Crippen molar-refractivity contribution in [2.75, 3.05) is 11.1 Å². The van der Waals surface area contributed by atoms with Crippen LogP contribution in [0.3, 0.4) is 0 Å². The van der Waals surface area contributed by atoms with Crippen molar-refractivity contribution in [3.63, 3.8) is 0 Å². The van der Waals surface area contributed by atoms with Crippen molar-refractivity contribution >= 4 is 49.6 Å². The van der Waals surface area contributed by atoms with Crippen molar-refractivity contribution in [2.24, 2.45) is 0 Å². The molecule has 5 aromatic rings. The molecule has 0 fully saturated rings. The smallest absolute Gasteiger partial charge is 0.269 e. The highest BCUT2D eigenvalue weighted by molar-refractivity contribution is 7.21. The number of aryl methyl sites for hydroxylation is 1. The maximum Gasteiger partial charge on any atom is 0.269 e. The number of amides is 1. The zero-order valence-corrected chi connectivity index (χ0v) is 17.5. The number of carbonyl (C=O) groups is 1. The number of nitrogens with one attached hydrogen (secondary N) is 1. The van der Waals surface area contributed by atoms with Crippen molar-refractivity contribution in [2.45, 2.75) is 6.92 Å². The third-order valence-corrected chi connectivity index (χ3v) is 6.48. The number of rotatable bonds is 4. The van der Waals surface area contributed by atoms with Crippen LogP contribution in [0.2, 0.25) is 0 Å². The van der Waals surface area contributed by atoms with Crippen molar-refractivity contribution < 1.29 is 9.21 Å². The third kappa shape index (κ3) is 3.26. The van der Waals surface area contributed by atoms with Gasteiger partial charge in [-0.3, -0.25) is 10.1 Å². The standard InChI is InChI=1S/C22H16N4O2S2/c1-12-4-6-13(7-5-12)15-11-14(16-3-2-9-28-16)17-18(23)19(30-21(17)25-15)20(27)26-22-24-8-10-29-22/h2-11H,23H2,1H3,(H,24,26,27). The predicted octanol–water partition coefficient (Wildman–Crippen LogP) is 5.82. The Labute approximate surface area is 180 Å². The molecule has 0 aliphatic heterocycles. The molecule has 0 spiro atoms. The molecule has 0 radical (unpaired) electrons. The van der Waals surface area contributed by atoms with Crippen LogP contribution in [0.5, 0.6) is 0 Å². The Balaban J connectivity index is 1.69. The van der Waals surface area contributed by atoms with Gasteiger partial charge >= 0.3 is 0 Å². The van der Waals surface area contributed by atoms with Crippen molar-refractivity contribution in [1.82, 2.24) is 9.97 Å². The molecule has 30 heavy (non-hydrogen) atoms. The topological polar surface area (TPSA) is 94.0 Å². The number of benzene rings is 1. The van der Waals surface area contributed by atoms with E-state index in [1.807, 2.05) is 49.4 Å². The van der Waals surface area contributed by atoms with Gasteiger partial charge in [0.15, 0.2) is 5.13 Å². The molecule has 0 unspecified atom stereocenters. The fraction of sp³-hybridized carbons (Fsp3) is 0.0455. The van der Waals surface area contributed by atoms with Crippen LogP contribution in [0, 0.1) is 6.92 Å². The summed E-state index contributed by atoms with van der Waals surface area (Å²) >= 11 is 2.62. The van der Waals surface area contributed by atoms with E-state index in [0.717, 1.165) is 22.2 Å². The van der Waals surface area contributed by atoms with Gasteiger partial charge in [0.25, 0.3) is 5.91 Å². The average Bonchev–Trinajstić information content (AvgIpc) is 3.50. The number of hydrogen-bond donors (Lipinski definition) is 2. The van der Waals surface area contributed by atoms with Crippen LogP contribution in [-0.4, -0.2) is 15.9 Å². The van der Waals surface area contributed by atoms with Crippen LogP contribution in [0.25, 0.3) is 32.8 Å². The lowest BCUT2D eigenvalue weighted by Gasteiger charge is -2.07. The fourth-order valence-electron chi connectivity index (χ4n) is 3.23. The van der Waals surface area contributed by atoms with E-state index in [1.165, 1.54) is 28.2 Å². The van der Waals surface area contributed by atoms with E-state index in [2.05, 4.69) is 10.3 Å². The Bertz CT molecular complexity index is 1340. The van der Waals surface area contributed by atoms with Crippen LogP contribution in [0.1, 0.15) is 15.2 Å². The molecule has 4 heterocycles. The molecule has 3 N–H and O–H groups in total. The second-order valence-electron chi connectivity index (χ2n) is 6.71. The third-order valence-electron chi connectivity index (χ3n) is 4.69. The molecule has 0 saturated heterocycles. The summed E-state index contributed by atoms with van der Waals surface area (Å²) in [6, 6.07) is 13.8. The van der Waals surface area contributed by atoms with E-state index >= 15 is 0 Å². The summed E-state index contributed by atoms with van der Waals surface area (Å²) < 4.78 is 5.66.